The number of aromatic nitrogens is 4. The molecule has 0 bridgehead atoms. The molecule has 168 valence electrons. The molecule has 0 atom stereocenters. The summed E-state index contributed by atoms with van der Waals surface area (Å²) < 4.78 is 0. The SMILES string of the molecule is O=c1cc(CC2CCCC2)[nH]c2nc(-c3ccccc3)c(-c3cc(Cl)c4ncccc4c3)nc12. The molecule has 1 saturated carbocycles. The summed E-state index contributed by atoms with van der Waals surface area (Å²) in [7, 11) is 0. The number of hydrogen-bond acceptors (Lipinski definition) is 4. The predicted molar refractivity (Wildman–Crippen MR) is 137 cm³/mol. The van der Waals surface area contributed by atoms with Crippen molar-refractivity contribution in [2.45, 2.75) is 32.1 Å². The first kappa shape index (κ1) is 21.0. The van der Waals surface area contributed by atoms with E-state index in [0.29, 0.717) is 33.5 Å². The lowest BCUT2D eigenvalue weighted by atomic mass is 10.0. The molecule has 1 aliphatic carbocycles. The van der Waals surface area contributed by atoms with Gasteiger partial charge in [-0.15, -0.1) is 0 Å². The van der Waals surface area contributed by atoms with E-state index in [0.717, 1.165) is 34.1 Å². The van der Waals surface area contributed by atoms with Crippen LogP contribution in [0.5, 0.6) is 0 Å². The van der Waals surface area contributed by atoms with Crippen molar-refractivity contribution in [2.24, 2.45) is 5.92 Å². The van der Waals surface area contributed by atoms with Crippen LogP contribution in [0.25, 0.3) is 44.6 Å². The van der Waals surface area contributed by atoms with Crippen LogP contribution >= 0.6 is 11.6 Å². The third-order valence-electron chi connectivity index (χ3n) is 6.68. The molecule has 5 nitrogen and oxygen atoms in total. The summed E-state index contributed by atoms with van der Waals surface area (Å²) >= 11 is 6.58. The number of benzene rings is 2. The van der Waals surface area contributed by atoms with E-state index in [1.165, 1.54) is 25.7 Å². The van der Waals surface area contributed by atoms with Crippen LogP contribution in [-0.4, -0.2) is 19.9 Å². The summed E-state index contributed by atoms with van der Waals surface area (Å²) in [6.45, 7) is 0. The van der Waals surface area contributed by atoms with Gasteiger partial charge in [0.2, 0.25) is 5.43 Å². The smallest absolute Gasteiger partial charge is 0.209 e. The van der Waals surface area contributed by atoms with E-state index in [-0.39, 0.29) is 5.43 Å². The van der Waals surface area contributed by atoms with Crippen molar-refractivity contribution in [2.75, 3.05) is 0 Å². The molecule has 6 heteroatoms. The van der Waals surface area contributed by atoms with Gasteiger partial charge in [0.15, 0.2) is 11.2 Å². The molecule has 0 amide bonds. The highest BCUT2D eigenvalue weighted by Crippen LogP contribution is 2.34. The molecule has 0 aliphatic heterocycles. The van der Waals surface area contributed by atoms with Gasteiger partial charge in [0.1, 0.15) is 0 Å². The molecule has 0 unspecified atom stereocenters. The van der Waals surface area contributed by atoms with Crippen LogP contribution < -0.4 is 5.43 Å². The normalized spacial score (nSPS) is 14.3. The van der Waals surface area contributed by atoms with Gasteiger partial charge in [0.05, 0.1) is 21.9 Å². The van der Waals surface area contributed by atoms with Crippen molar-refractivity contribution >= 4 is 33.7 Å². The first-order valence-corrected chi connectivity index (χ1v) is 12.1. The maximum Gasteiger partial charge on any atom is 0.209 e. The minimum atomic E-state index is -0.108. The summed E-state index contributed by atoms with van der Waals surface area (Å²) in [6.07, 6.45) is 7.58. The monoisotopic (exact) mass is 466 g/mol. The van der Waals surface area contributed by atoms with Crippen LogP contribution in [0.15, 0.2) is 71.7 Å². The van der Waals surface area contributed by atoms with E-state index >= 15 is 0 Å². The average molecular weight is 467 g/mol. The zero-order chi connectivity index (χ0) is 23.1. The van der Waals surface area contributed by atoms with E-state index in [1.807, 2.05) is 54.6 Å². The number of aromatic amines is 1. The zero-order valence-electron chi connectivity index (χ0n) is 18.6. The van der Waals surface area contributed by atoms with Gasteiger partial charge in [0.25, 0.3) is 0 Å². The van der Waals surface area contributed by atoms with Gasteiger partial charge in [-0.2, -0.15) is 0 Å². The van der Waals surface area contributed by atoms with E-state index < -0.39 is 0 Å². The molecule has 0 spiro atoms. The number of H-pyrrole nitrogens is 1. The molecule has 1 N–H and O–H groups in total. The summed E-state index contributed by atoms with van der Waals surface area (Å²) in [5, 5.41) is 1.45. The summed E-state index contributed by atoms with van der Waals surface area (Å²) in [4.78, 5) is 30.7. The third kappa shape index (κ3) is 3.86. The molecule has 5 aromatic rings. The lowest BCUT2D eigenvalue weighted by Crippen LogP contribution is -2.12. The topological polar surface area (TPSA) is 71.5 Å². The molecule has 1 fully saturated rings. The van der Waals surface area contributed by atoms with Crippen molar-refractivity contribution in [3.63, 3.8) is 0 Å². The van der Waals surface area contributed by atoms with Gasteiger partial charge in [-0.3, -0.25) is 9.78 Å². The highest BCUT2D eigenvalue weighted by molar-refractivity contribution is 6.35. The van der Waals surface area contributed by atoms with Crippen LogP contribution in [0.3, 0.4) is 0 Å². The Bertz CT molecular complexity index is 1570. The molecule has 34 heavy (non-hydrogen) atoms. The third-order valence-corrected chi connectivity index (χ3v) is 6.96. The van der Waals surface area contributed by atoms with Gasteiger partial charge >= 0.3 is 0 Å². The highest BCUT2D eigenvalue weighted by Gasteiger charge is 2.19. The van der Waals surface area contributed by atoms with Gasteiger partial charge < -0.3 is 4.98 Å². The Morgan fingerprint density at radius 1 is 0.882 bits per heavy atom. The Hall–Kier alpha value is -3.57. The Morgan fingerprint density at radius 2 is 1.68 bits per heavy atom. The Morgan fingerprint density at radius 3 is 2.50 bits per heavy atom. The van der Waals surface area contributed by atoms with E-state index in [4.69, 9.17) is 21.6 Å². The van der Waals surface area contributed by atoms with Crippen LogP contribution in [-0.2, 0) is 6.42 Å². The van der Waals surface area contributed by atoms with Gasteiger partial charge in [0, 0.05) is 34.5 Å². The fourth-order valence-corrected chi connectivity index (χ4v) is 5.30. The fraction of sp³-hybridized carbons (Fsp3) is 0.214. The van der Waals surface area contributed by atoms with Crippen LogP contribution in [0.4, 0.5) is 0 Å². The lowest BCUT2D eigenvalue weighted by Gasteiger charge is -2.13. The minimum Gasteiger partial charge on any atom is -0.342 e. The average Bonchev–Trinajstić information content (AvgIpc) is 3.37. The van der Waals surface area contributed by atoms with Gasteiger partial charge in [-0.25, -0.2) is 9.97 Å². The number of hydrogen-bond donors (Lipinski definition) is 1. The van der Waals surface area contributed by atoms with Crippen LogP contribution in [0, 0.1) is 5.92 Å². The summed E-state index contributed by atoms with van der Waals surface area (Å²) in [5.74, 6) is 0.627. The molecule has 0 saturated heterocycles. The number of halogens is 1. The molecule has 2 aromatic carbocycles. The Kier molecular flexibility index (Phi) is 5.34. The van der Waals surface area contributed by atoms with Crippen molar-refractivity contribution in [1.82, 2.24) is 19.9 Å². The van der Waals surface area contributed by atoms with E-state index in [9.17, 15) is 4.79 Å². The summed E-state index contributed by atoms with van der Waals surface area (Å²) in [5.41, 5.74) is 5.49. The second-order valence-corrected chi connectivity index (χ2v) is 9.44. The molecule has 6 rings (SSSR count). The minimum absolute atomic E-state index is 0.108. The quantitative estimate of drug-likeness (QED) is 0.324. The van der Waals surface area contributed by atoms with Gasteiger partial charge in [-0.05, 0) is 30.5 Å². The number of nitrogens with one attached hydrogen (secondary N) is 1. The second kappa shape index (κ2) is 8.65. The van der Waals surface area contributed by atoms with E-state index in [1.54, 1.807) is 12.3 Å². The number of nitrogens with zero attached hydrogens (tertiary/aromatic N) is 3. The number of pyridine rings is 2. The van der Waals surface area contributed by atoms with Crippen molar-refractivity contribution in [1.29, 1.82) is 0 Å². The first-order valence-electron chi connectivity index (χ1n) is 11.7. The lowest BCUT2D eigenvalue weighted by molar-refractivity contribution is 0.539. The standard InChI is InChI=1S/C28H23ClN4O/c29-22-15-20(14-19-11-6-12-30-24(19)22)26-25(18-9-2-1-3-10-18)33-28-27(32-26)23(34)16-21(31-28)13-17-7-4-5-8-17/h1-3,6,9-12,14-17H,4-5,7-8,13H2,(H,31,33,34). The second-order valence-electron chi connectivity index (χ2n) is 9.03. The molecule has 3 aromatic heterocycles. The van der Waals surface area contributed by atoms with Crippen molar-refractivity contribution in [3.8, 4) is 22.5 Å². The van der Waals surface area contributed by atoms with Crippen LogP contribution in [0.1, 0.15) is 31.4 Å². The molecular weight excluding hydrogens is 444 g/mol. The number of rotatable bonds is 4. The Labute approximate surface area is 201 Å². The molecule has 1 aliphatic rings. The Balaban J connectivity index is 1.57. The highest BCUT2D eigenvalue weighted by atomic mass is 35.5. The van der Waals surface area contributed by atoms with Crippen LogP contribution in [0.2, 0.25) is 5.02 Å². The first-order chi connectivity index (χ1) is 16.7. The summed E-state index contributed by atoms with van der Waals surface area (Å²) in [6, 6.07) is 19.3. The van der Waals surface area contributed by atoms with Crippen molar-refractivity contribution < 1.29 is 0 Å². The van der Waals surface area contributed by atoms with E-state index in [2.05, 4.69) is 9.97 Å². The van der Waals surface area contributed by atoms with Crippen molar-refractivity contribution in [3.05, 3.63) is 87.8 Å². The zero-order valence-corrected chi connectivity index (χ0v) is 19.3. The van der Waals surface area contributed by atoms with Gasteiger partial charge in [-0.1, -0.05) is 73.7 Å². The largest absolute Gasteiger partial charge is 0.342 e. The number of fused-ring (bicyclic) bond motifs is 2. The molecular formula is C28H23ClN4O. The maximum absolute atomic E-state index is 13.1. The predicted octanol–water partition coefficient (Wildman–Crippen LogP) is 6.59. The maximum atomic E-state index is 13.1. The molecule has 3 heterocycles. The fourth-order valence-electron chi connectivity index (χ4n) is 5.03. The molecule has 0 radical (unpaired) electrons.